The number of carbonyl (C=O) groups excluding carboxylic acids is 4. The summed E-state index contributed by atoms with van der Waals surface area (Å²) in [5, 5.41) is 7.71. The molecular formula is C19H36N4O5. The second-order valence-corrected chi connectivity index (χ2v) is 8.69. The van der Waals surface area contributed by atoms with Crippen LogP contribution >= 0.6 is 0 Å². The number of ether oxygens (including phenoxy) is 1. The summed E-state index contributed by atoms with van der Waals surface area (Å²) < 4.78 is 5.22. The number of primary amides is 1. The fourth-order valence-corrected chi connectivity index (χ4v) is 2.32. The second-order valence-electron chi connectivity index (χ2n) is 8.69. The number of carbonyl (C=O) groups is 4. The Hall–Kier alpha value is -2.32. The molecule has 0 spiro atoms. The molecule has 0 aromatic carbocycles. The van der Waals surface area contributed by atoms with Gasteiger partial charge in [-0.15, -0.1) is 0 Å². The average molecular weight is 401 g/mol. The highest BCUT2D eigenvalue weighted by Crippen LogP contribution is 2.11. The molecule has 0 heterocycles. The number of hydrogen-bond donors (Lipinski definition) is 4. The van der Waals surface area contributed by atoms with Gasteiger partial charge in [-0.05, 0) is 46.0 Å². The van der Waals surface area contributed by atoms with E-state index in [9.17, 15) is 19.2 Å². The lowest BCUT2D eigenvalue weighted by atomic mass is 10.00. The number of hydrogen-bond acceptors (Lipinski definition) is 5. The van der Waals surface area contributed by atoms with E-state index in [0.717, 1.165) is 0 Å². The summed E-state index contributed by atoms with van der Waals surface area (Å²) in [4.78, 5) is 48.5. The average Bonchev–Trinajstić information content (AvgIpc) is 2.48. The molecule has 28 heavy (non-hydrogen) atoms. The predicted molar refractivity (Wildman–Crippen MR) is 106 cm³/mol. The minimum atomic E-state index is -0.885. The van der Waals surface area contributed by atoms with Crippen LogP contribution in [0.2, 0.25) is 0 Å². The lowest BCUT2D eigenvalue weighted by Crippen LogP contribution is -2.57. The molecule has 5 N–H and O–H groups in total. The van der Waals surface area contributed by atoms with Gasteiger partial charge in [0.05, 0.1) is 0 Å². The van der Waals surface area contributed by atoms with Crippen molar-refractivity contribution >= 4 is 23.8 Å². The number of nitrogens with two attached hydrogens (primary N) is 1. The van der Waals surface area contributed by atoms with Crippen LogP contribution in [0.25, 0.3) is 0 Å². The zero-order valence-electron chi connectivity index (χ0n) is 18.2. The summed E-state index contributed by atoms with van der Waals surface area (Å²) in [7, 11) is 0. The van der Waals surface area contributed by atoms with E-state index < -0.39 is 47.5 Å². The van der Waals surface area contributed by atoms with Crippen molar-refractivity contribution in [2.24, 2.45) is 17.6 Å². The van der Waals surface area contributed by atoms with E-state index >= 15 is 0 Å². The Labute approximate surface area is 167 Å². The highest BCUT2D eigenvalue weighted by molar-refractivity contribution is 5.93. The van der Waals surface area contributed by atoms with E-state index in [4.69, 9.17) is 10.5 Å². The normalized spacial score (nSPS) is 14.8. The Morgan fingerprint density at radius 1 is 0.893 bits per heavy atom. The fraction of sp³-hybridized carbons (Fsp3) is 0.789. The van der Waals surface area contributed by atoms with Crippen LogP contribution in [0.4, 0.5) is 4.79 Å². The maximum Gasteiger partial charge on any atom is 0.408 e. The van der Waals surface area contributed by atoms with Crippen molar-refractivity contribution in [3.8, 4) is 0 Å². The third-order valence-corrected chi connectivity index (χ3v) is 3.75. The molecule has 0 fully saturated rings. The summed E-state index contributed by atoms with van der Waals surface area (Å²) in [5.41, 5.74) is 4.47. The molecule has 0 rings (SSSR count). The maximum atomic E-state index is 12.8. The summed E-state index contributed by atoms with van der Waals surface area (Å²) in [5.74, 6) is -1.82. The van der Waals surface area contributed by atoms with Crippen molar-refractivity contribution < 1.29 is 23.9 Å². The Morgan fingerprint density at radius 3 is 1.82 bits per heavy atom. The molecule has 0 aliphatic heterocycles. The van der Waals surface area contributed by atoms with Crippen LogP contribution in [0.3, 0.4) is 0 Å². The van der Waals surface area contributed by atoms with E-state index in [1.165, 1.54) is 6.92 Å². The minimum Gasteiger partial charge on any atom is -0.444 e. The Balaban J connectivity index is 5.24. The number of rotatable bonds is 9. The number of nitrogens with one attached hydrogen (secondary N) is 3. The van der Waals surface area contributed by atoms with Crippen molar-refractivity contribution in [1.29, 1.82) is 0 Å². The van der Waals surface area contributed by atoms with Crippen LogP contribution in [0.15, 0.2) is 0 Å². The first-order valence-corrected chi connectivity index (χ1v) is 9.53. The van der Waals surface area contributed by atoms with Gasteiger partial charge in [-0.25, -0.2) is 4.79 Å². The second kappa shape index (κ2) is 10.9. The van der Waals surface area contributed by atoms with Crippen molar-refractivity contribution in [2.75, 3.05) is 0 Å². The van der Waals surface area contributed by atoms with Crippen molar-refractivity contribution in [3.05, 3.63) is 0 Å². The fourth-order valence-electron chi connectivity index (χ4n) is 2.32. The molecule has 9 heteroatoms. The minimum absolute atomic E-state index is 0.117. The third-order valence-electron chi connectivity index (χ3n) is 3.75. The van der Waals surface area contributed by atoms with Crippen LogP contribution < -0.4 is 21.7 Å². The molecule has 0 radical (unpaired) electrons. The van der Waals surface area contributed by atoms with Gasteiger partial charge in [0.25, 0.3) is 0 Å². The van der Waals surface area contributed by atoms with Crippen molar-refractivity contribution in [3.63, 3.8) is 0 Å². The molecule has 4 amide bonds. The van der Waals surface area contributed by atoms with Crippen molar-refractivity contribution in [2.45, 2.75) is 85.5 Å². The highest BCUT2D eigenvalue weighted by atomic mass is 16.6. The van der Waals surface area contributed by atoms with Crippen LogP contribution in [-0.2, 0) is 19.1 Å². The van der Waals surface area contributed by atoms with E-state index in [1.807, 2.05) is 13.8 Å². The quantitative estimate of drug-likeness (QED) is 0.458. The maximum absolute atomic E-state index is 12.8. The first-order chi connectivity index (χ1) is 12.6. The first-order valence-electron chi connectivity index (χ1n) is 9.53. The van der Waals surface area contributed by atoms with Gasteiger partial charge in [0.1, 0.15) is 23.7 Å². The SMILES string of the molecule is CC(C)C[C@@H](NC(=O)OC(C)(C)C)C(=O)N[C@H](C(=O)N[C@@H](C)C(N)=O)C(C)C. The molecule has 0 saturated heterocycles. The topological polar surface area (TPSA) is 140 Å². The van der Waals surface area contributed by atoms with Gasteiger partial charge < -0.3 is 26.4 Å². The molecule has 0 aliphatic rings. The van der Waals surface area contributed by atoms with Crippen LogP contribution in [0, 0.1) is 11.8 Å². The van der Waals surface area contributed by atoms with Gasteiger partial charge in [0.2, 0.25) is 17.7 Å². The van der Waals surface area contributed by atoms with Gasteiger partial charge in [-0.1, -0.05) is 27.7 Å². The summed E-state index contributed by atoms with van der Waals surface area (Å²) in [6.07, 6.45) is -0.337. The van der Waals surface area contributed by atoms with E-state index in [1.54, 1.807) is 34.6 Å². The van der Waals surface area contributed by atoms with Gasteiger partial charge >= 0.3 is 6.09 Å². The predicted octanol–water partition coefficient (Wildman–Crippen LogP) is 1.06. The van der Waals surface area contributed by atoms with Gasteiger partial charge in [0, 0.05) is 0 Å². The number of amides is 4. The monoisotopic (exact) mass is 400 g/mol. The molecule has 0 unspecified atom stereocenters. The summed E-state index contributed by atoms with van der Waals surface area (Å²) >= 11 is 0. The summed E-state index contributed by atoms with van der Waals surface area (Å²) in [6, 6.07) is -2.61. The Morgan fingerprint density at radius 2 is 1.43 bits per heavy atom. The lowest BCUT2D eigenvalue weighted by molar-refractivity contribution is -0.132. The van der Waals surface area contributed by atoms with Crippen LogP contribution in [0.5, 0.6) is 0 Å². The van der Waals surface area contributed by atoms with Gasteiger partial charge in [0.15, 0.2) is 0 Å². The van der Waals surface area contributed by atoms with E-state index in [-0.39, 0.29) is 11.8 Å². The smallest absolute Gasteiger partial charge is 0.408 e. The Bertz CT molecular complexity index is 569. The molecule has 0 aromatic heterocycles. The van der Waals surface area contributed by atoms with Crippen LogP contribution in [-0.4, -0.2) is 47.5 Å². The first kappa shape index (κ1) is 25.7. The van der Waals surface area contributed by atoms with E-state index in [2.05, 4.69) is 16.0 Å². The molecule has 0 aliphatic carbocycles. The molecule has 3 atom stereocenters. The number of alkyl carbamates (subject to hydrolysis) is 1. The zero-order valence-corrected chi connectivity index (χ0v) is 18.2. The lowest BCUT2D eigenvalue weighted by Gasteiger charge is -2.27. The van der Waals surface area contributed by atoms with Gasteiger partial charge in [-0.2, -0.15) is 0 Å². The highest BCUT2D eigenvalue weighted by Gasteiger charge is 2.31. The Kier molecular flexibility index (Phi) is 9.97. The van der Waals surface area contributed by atoms with Gasteiger partial charge in [-0.3, -0.25) is 14.4 Å². The van der Waals surface area contributed by atoms with Crippen molar-refractivity contribution in [1.82, 2.24) is 16.0 Å². The van der Waals surface area contributed by atoms with Crippen LogP contribution in [0.1, 0.15) is 61.8 Å². The molecule has 0 saturated carbocycles. The molecular weight excluding hydrogens is 364 g/mol. The molecule has 9 nitrogen and oxygen atoms in total. The zero-order chi connectivity index (χ0) is 22.2. The summed E-state index contributed by atoms with van der Waals surface area (Å²) in [6.45, 7) is 14.0. The van der Waals surface area contributed by atoms with E-state index in [0.29, 0.717) is 6.42 Å². The molecule has 0 aromatic rings. The third kappa shape index (κ3) is 10.1. The molecule has 0 bridgehead atoms. The molecule has 162 valence electrons. The standard InChI is InChI=1S/C19H36N4O5/c1-10(2)9-13(22-18(27)28-19(6,7)8)16(25)23-14(11(3)4)17(26)21-12(5)15(20)24/h10-14H,9H2,1-8H3,(H2,20,24)(H,21,26)(H,22,27)(H,23,25)/t12-,13+,14-/m0/s1. The largest absolute Gasteiger partial charge is 0.444 e.